The summed E-state index contributed by atoms with van der Waals surface area (Å²) in [5.74, 6) is -0.118. The predicted octanol–water partition coefficient (Wildman–Crippen LogP) is -0.938. The van der Waals surface area contributed by atoms with Crippen molar-refractivity contribution < 1.29 is 9.59 Å². The Labute approximate surface area is 98.8 Å². The Balaban J connectivity index is 1.82. The highest BCUT2D eigenvalue weighted by molar-refractivity contribution is 5.85. The van der Waals surface area contributed by atoms with Crippen molar-refractivity contribution in [3.8, 4) is 0 Å². The molecule has 2 heterocycles. The lowest BCUT2D eigenvalue weighted by atomic mass is 10.3. The highest BCUT2D eigenvalue weighted by Crippen LogP contribution is 1.98. The van der Waals surface area contributed by atoms with Crippen LogP contribution in [0.2, 0.25) is 0 Å². The number of amides is 3. The zero-order valence-electron chi connectivity index (χ0n) is 9.64. The van der Waals surface area contributed by atoms with Crippen molar-refractivity contribution in [1.29, 1.82) is 0 Å². The van der Waals surface area contributed by atoms with E-state index in [1.807, 2.05) is 13.2 Å². The number of hydrogen-bond acceptors (Lipinski definition) is 3. The van der Waals surface area contributed by atoms with Crippen molar-refractivity contribution in [3.63, 3.8) is 0 Å². The number of carbonyl (C=O) groups excluding carboxylic acids is 2. The Bertz CT molecular complexity index is 428. The number of nitrogens with zero attached hydrogens (tertiary/aromatic N) is 3. The maximum absolute atomic E-state index is 11.7. The van der Waals surface area contributed by atoms with Crippen LogP contribution in [0.5, 0.6) is 0 Å². The molecular weight excluding hydrogens is 222 g/mol. The molecule has 0 saturated carbocycles. The first-order valence-electron chi connectivity index (χ1n) is 5.42. The van der Waals surface area contributed by atoms with Gasteiger partial charge < -0.3 is 15.5 Å². The second kappa shape index (κ2) is 4.86. The summed E-state index contributed by atoms with van der Waals surface area (Å²) >= 11 is 0. The second-order valence-electron chi connectivity index (χ2n) is 3.95. The average Bonchev–Trinajstić information content (AvgIpc) is 2.72. The third-order valence-electron chi connectivity index (χ3n) is 2.53. The molecule has 1 aliphatic rings. The van der Waals surface area contributed by atoms with E-state index in [4.69, 9.17) is 0 Å². The molecule has 1 fully saturated rings. The number of hydrogen-bond donors (Lipinski definition) is 2. The Morgan fingerprint density at radius 1 is 1.65 bits per heavy atom. The van der Waals surface area contributed by atoms with E-state index in [1.165, 1.54) is 4.90 Å². The molecule has 17 heavy (non-hydrogen) atoms. The quantitative estimate of drug-likeness (QED) is 0.697. The van der Waals surface area contributed by atoms with Crippen molar-refractivity contribution in [3.05, 3.63) is 18.0 Å². The minimum absolute atomic E-state index is 0.118. The summed E-state index contributed by atoms with van der Waals surface area (Å²) in [6.45, 7) is 1.60. The first-order chi connectivity index (χ1) is 8.15. The minimum Gasteiger partial charge on any atom is -0.353 e. The fraction of sp³-hybridized carbons (Fsp3) is 0.500. The lowest BCUT2D eigenvalue weighted by Crippen LogP contribution is -2.52. The van der Waals surface area contributed by atoms with Gasteiger partial charge in [0.15, 0.2) is 0 Å². The molecule has 0 unspecified atom stereocenters. The molecule has 0 aliphatic carbocycles. The summed E-state index contributed by atoms with van der Waals surface area (Å²) in [6.07, 6.45) is 3.53. The van der Waals surface area contributed by atoms with Crippen LogP contribution < -0.4 is 10.6 Å². The van der Waals surface area contributed by atoms with Crippen LogP contribution in [-0.4, -0.2) is 46.3 Å². The fourth-order valence-electron chi connectivity index (χ4n) is 1.66. The summed E-state index contributed by atoms with van der Waals surface area (Å²) in [6, 6.07) is -0.219. The minimum atomic E-state index is -0.219. The van der Waals surface area contributed by atoms with Crippen LogP contribution in [0.25, 0.3) is 0 Å². The van der Waals surface area contributed by atoms with E-state index in [0.717, 1.165) is 5.56 Å². The smallest absolute Gasteiger partial charge is 0.318 e. The van der Waals surface area contributed by atoms with Crippen LogP contribution in [0, 0.1) is 0 Å². The first-order valence-corrected chi connectivity index (χ1v) is 5.42. The number of aromatic nitrogens is 2. The molecule has 2 rings (SSSR count). The van der Waals surface area contributed by atoms with Crippen LogP contribution in [0.3, 0.4) is 0 Å². The number of piperazine rings is 1. The van der Waals surface area contributed by atoms with E-state index in [0.29, 0.717) is 19.6 Å². The van der Waals surface area contributed by atoms with Crippen molar-refractivity contribution in [2.24, 2.45) is 7.05 Å². The number of urea groups is 1. The average molecular weight is 237 g/mol. The van der Waals surface area contributed by atoms with Gasteiger partial charge in [-0.2, -0.15) is 5.10 Å². The van der Waals surface area contributed by atoms with Gasteiger partial charge in [0.2, 0.25) is 5.91 Å². The number of carbonyl (C=O) groups is 2. The predicted molar refractivity (Wildman–Crippen MR) is 60.0 cm³/mol. The van der Waals surface area contributed by atoms with Gasteiger partial charge in [-0.1, -0.05) is 0 Å². The van der Waals surface area contributed by atoms with E-state index in [9.17, 15) is 9.59 Å². The Morgan fingerprint density at radius 2 is 2.47 bits per heavy atom. The van der Waals surface area contributed by atoms with Gasteiger partial charge in [0.1, 0.15) is 6.54 Å². The largest absolute Gasteiger partial charge is 0.353 e. The molecule has 1 aromatic rings. The fourth-order valence-corrected chi connectivity index (χ4v) is 1.66. The summed E-state index contributed by atoms with van der Waals surface area (Å²) in [5.41, 5.74) is 0.933. The molecule has 1 aliphatic heterocycles. The first kappa shape index (κ1) is 11.4. The maximum atomic E-state index is 11.7. The van der Waals surface area contributed by atoms with Gasteiger partial charge in [-0.05, 0) is 0 Å². The van der Waals surface area contributed by atoms with E-state index in [-0.39, 0.29) is 18.5 Å². The lowest BCUT2D eigenvalue weighted by molar-refractivity contribution is -0.123. The Hall–Kier alpha value is -2.05. The topological polar surface area (TPSA) is 79.3 Å². The maximum Gasteiger partial charge on any atom is 0.318 e. The Morgan fingerprint density at radius 3 is 3.12 bits per heavy atom. The lowest BCUT2D eigenvalue weighted by Gasteiger charge is -2.26. The van der Waals surface area contributed by atoms with Gasteiger partial charge in [-0.15, -0.1) is 0 Å². The molecule has 0 aromatic carbocycles. The van der Waals surface area contributed by atoms with Gasteiger partial charge in [-0.3, -0.25) is 9.48 Å². The van der Waals surface area contributed by atoms with Crippen LogP contribution in [0.1, 0.15) is 5.56 Å². The van der Waals surface area contributed by atoms with Crippen molar-refractivity contribution in [2.75, 3.05) is 19.6 Å². The number of rotatable bonds is 2. The molecule has 0 spiro atoms. The highest BCUT2D eigenvalue weighted by Gasteiger charge is 2.20. The molecule has 0 radical (unpaired) electrons. The molecule has 92 valence electrons. The summed E-state index contributed by atoms with van der Waals surface area (Å²) in [5, 5.41) is 9.43. The zero-order chi connectivity index (χ0) is 12.3. The van der Waals surface area contributed by atoms with Gasteiger partial charge in [0.25, 0.3) is 0 Å². The Kier molecular flexibility index (Phi) is 3.27. The van der Waals surface area contributed by atoms with Crippen molar-refractivity contribution in [1.82, 2.24) is 25.3 Å². The zero-order valence-corrected chi connectivity index (χ0v) is 9.64. The molecule has 7 nitrogen and oxygen atoms in total. The van der Waals surface area contributed by atoms with Gasteiger partial charge in [0, 0.05) is 38.4 Å². The SMILES string of the molecule is Cn1cc(CNC(=O)N2CCNC(=O)C2)cn1. The van der Waals surface area contributed by atoms with Crippen molar-refractivity contribution in [2.45, 2.75) is 6.54 Å². The van der Waals surface area contributed by atoms with Crippen LogP contribution in [0.4, 0.5) is 4.79 Å². The highest BCUT2D eigenvalue weighted by atomic mass is 16.2. The van der Waals surface area contributed by atoms with E-state index < -0.39 is 0 Å². The summed E-state index contributed by atoms with van der Waals surface area (Å²) in [4.78, 5) is 24.3. The molecule has 7 heteroatoms. The molecule has 0 atom stereocenters. The van der Waals surface area contributed by atoms with Crippen LogP contribution >= 0.6 is 0 Å². The normalized spacial score (nSPS) is 15.6. The molecule has 0 bridgehead atoms. The van der Waals surface area contributed by atoms with Gasteiger partial charge >= 0.3 is 6.03 Å². The van der Waals surface area contributed by atoms with Crippen LogP contribution in [0.15, 0.2) is 12.4 Å². The second-order valence-corrected chi connectivity index (χ2v) is 3.95. The summed E-state index contributed by atoms with van der Waals surface area (Å²) in [7, 11) is 1.82. The number of aryl methyl sites for hydroxylation is 1. The number of nitrogens with one attached hydrogen (secondary N) is 2. The van der Waals surface area contributed by atoms with E-state index >= 15 is 0 Å². The molecular formula is C10H15N5O2. The summed E-state index contributed by atoms with van der Waals surface area (Å²) < 4.78 is 1.68. The monoisotopic (exact) mass is 237 g/mol. The third kappa shape index (κ3) is 2.96. The molecule has 1 aromatic heterocycles. The van der Waals surface area contributed by atoms with Crippen molar-refractivity contribution >= 4 is 11.9 Å². The molecule has 2 N–H and O–H groups in total. The third-order valence-corrected chi connectivity index (χ3v) is 2.53. The van der Waals surface area contributed by atoms with Crippen LogP contribution in [-0.2, 0) is 18.4 Å². The van der Waals surface area contributed by atoms with E-state index in [2.05, 4.69) is 15.7 Å². The van der Waals surface area contributed by atoms with Gasteiger partial charge in [-0.25, -0.2) is 4.79 Å². The molecule has 3 amide bonds. The van der Waals surface area contributed by atoms with E-state index in [1.54, 1.807) is 10.9 Å². The standard InChI is InChI=1S/C10H15N5O2/c1-14-6-8(5-13-14)4-12-10(17)15-3-2-11-9(16)7-15/h5-6H,2-4,7H2,1H3,(H,11,16)(H,12,17). The molecule has 1 saturated heterocycles. The van der Waals surface area contributed by atoms with Gasteiger partial charge in [0.05, 0.1) is 6.20 Å².